The Kier molecular flexibility index (Phi) is 5.84. The van der Waals surface area contributed by atoms with E-state index in [2.05, 4.69) is 37.4 Å². The molecule has 1 heterocycles. The largest absolute Gasteiger partial charge is 0.329 e. The van der Waals surface area contributed by atoms with Crippen LogP contribution in [0.3, 0.4) is 0 Å². The third-order valence-electron chi connectivity index (χ3n) is 5.62. The zero-order valence-electron chi connectivity index (χ0n) is 13.8. The van der Waals surface area contributed by atoms with Crippen molar-refractivity contribution in [3.05, 3.63) is 0 Å². The Morgan fingerprint density at radius 3 is 2.45 bits per heavy atom. The number of hydrogen-bond donors (Lipinski definition) is 1. The highest BCUT2D eigenvalue weighted by atomic mass is 32.2. The molecule has 2 rings (SSSR count). The average Bonchev–Trinajstić information content (AvgIpc) is 2.62. The summed E-state index contributed by atoms with van der Waals surface area (Å²) in [6.45, 7) is 10.5. The summed E-state index contributed by atoms with van der Waals surface area (Å²) in [6, 6.07) is 0. The molecule has 0 unspecified atom stereocenters. The standard InChI is InChI=1S/C17H34N2S/c1-4-5-15-6-8-17(14-18,9-7-15)19-11-10-16(2,3)20-13-12-19/h15H,4-14,18H2,1-3H3. The molecular formula is C17H34N2S. The van der Waals surface area contributed by atoms with E-state index in [4.69, 9.17) is 5.73 Å². The minimum absolute atomic E-state index is 0.325. The molecule has 3 heteroatoms. The van der Waals surface area contributed by atoms with E-state index in [1.807, 2.05) is 0 Å². The summed E-state index contributed by atoms with van der Waals surface area (Å²) in [4.78, 5) is 2.76. The zero-order chi connectivity index (χ0) is 14.6. The minimum atomic E-state index is 0.325. The first-order valence-corrected chi connectivity index (χ1v) is 9.59. The van der Waals surface area contributed by atoms with Crippen molar-refractivity contribution in [2.45, 2.75) is 76.0 Å². The molecule has 2 nitrogen and oxygen atoms in total. The number of nitrogens with two attached hydrogens (primary N) is 1. The SMILES string of the molecule is CCCC1CCC(CN)(N2CCSC(C)(C)CC2)CC1. The first-order chi connectivity index (χ1) is 9.51. The molecule has 0 aromatic heterocycles. The molecule has 0 aromatic rings. The van der Waals surface area contributed by atoms with Gasteiger partial charge in [0.1, 0.15) is 0 Å². The first kappa shape index (κ1) is 16.6. The number of nitrogens with zero attached hydrogens (tertiary/aromatic N) is 1. The lowest BCUT2D eigenvalue weighted by Crippen LogP contribution is -2.56. The van der Waals surface area contributed by atoms with Crippen LogP contribution in [0, 0.1) is 5.92 Å². The molecule has 1 saturated heterocycles. The van der Waals surface area contributed by atoms with Gasteiger partial charge in [-0.3, -0.25) is 4.90 Å². The Labute approximate surface area is 130 Å². The van der Waals surface area contributed by atoms with Gasteiger partial charge in [0.25, 0.3) is 0 Å². The van der Waals surface area contributed by atoms with Crippen LogP contribution in [0.2, 0.25) is 0 Å². The number of rotatable bonds is 4. The Balaban J connectivity index is 1.97. The lowest BCUT2D eigenvalue weighted by atomic mass is 9.74. The lowest BCUT2D eigenvalue weighted by Gasteiger charge is -2.47. The Bertz CT molecular complexity index is 295. The summed E-state index contributed by atoms with van der Waals surface area (Å²) in [7, 11) is 0. The smallest absolute Gasteiger partial charge is 0.0332 e. The van der Waals surface area contributed by atoms with Crippen LogP contribution in [-0.4, -0.2) is 40.6 Å². The van der Waals surface area contributed by atoms with Crippen LogP contribution >= 0.6 is 11.8 Å². The van der Waals surface area contributed by atoms with Gasteiger partial charge in [-0.25, -0.2) is 0 Å². The van der Waals surface area contributed by atoms with E-state index < -0.39 is 0 Å². The lowest BCUT2D eigenvalue weighted by molar-refractivity contribution is 0.0451. The molecule has 0 radical (unpaired) electrons. The van der Waals surface area contributed by atoms with Crippen molar-refractivity contribution < 1.29 is 0 Å². The molecule has 20 heavy (non-hydrogen) atoms. The van der Waals surface area contributed by atoms with E-state index in [0.717, 1.165) is 12.5 Å². The molecule has 118 valence electrons. The van der Waals surface area contributed by atoms with Gasteiger partial charge in [0.05, 0.1) is 0 Å². The van der Waals surface area contributed by atoms with Gasteiger partial charge >= 0.3 is 0 Å². The van der Waals surface area contributed by atoms with E-state index in [1.54, 1.807) is 0 Å². The quantitative estimate of drug-likeness (QED) is 0.853. The van der Waals surface area contributed by atoms with Gasteiger partial charge in [0, 0.05) is 35.7 Å². The average molecular weight is 299 g/mol. The fraction of sp³-hybridized carbons (Fsp3) is 1.00. The van der Waals surface area contributed by atoms with Gasteiger partial charge in [0.2, 0.25) is 0 Å². The summed E-state index contributed by atoms with van der Waals surface area (Å²) in [5.74, 6) is 2.24. The van der Waals surface area contributed by atoms with E-state index >= 15 is 0 Å². The number of hydrogen-bond acceptors (Lipinski definition) is 3. The maximum absolute atomic E-state index is 6.26. The third-order valence-corrected chi connectivity index (χ3v) is 6.99. The van der Waals surface area contributed by atoms with Crippen LogP contribution < -0.4 is 5.73 Å². The van der Waals surface area contributed by atoms with Gasteiger partial charge in [-0.1, -0.05) is 33.6 Å². The second-order valence-electron chi connectivity index (χ2n) is 7.51. The van der Waals surface area contributed by atoms with Gasteiger partial charge in [-0.05, 0) is 38.0 Å². The minimum Gasteiger partial charge on any atom is -0.329 e. The normalized spacial score (nSPS) is 35.7. The molecular weight excluding hydrogens is 264 g/mol. The highest BCUT2D eigenvalue weighted by Gasteiger charge is 2.40. The molecule has 0 amide bonds. The Morgan fingerprint density at radius 2 is 1.85 bits per heavy atom. The Hall–Kier alpha value is 0.270. The van der Waals surface area contributed by atoms with Crippen LogP contribution in [0.4, 0.5) is 0 Å². The molecule has 0 aromatic carbocycles. The third kappa shape index (κ3) is 3.92. The Morgan fingerprint density at radius 1 is 1.15 bits per heavy atom. The van der Waals surface area contributed by atoms with Crippen molar-refractivity contribution in [2.24, 2.45) is 11.7 Å². The fourth-order valence-corrected chi connectivity index (χ4v) is 5.16. The second kappa shape index (κ2) is 7.02. The highest BCUT2D eigenvalue weighted by molar-refractivity contribution is 8.00. The van der Waals surface area contributed by atoms with E-state index in [-0.39, 0.29) is 0 Å². The van der Waals surface area contributed by atoms with Gasteiger partial charge in [0.15, 0.2) is 0 Å². The summed E-state index contributed by atoms with van der Waals surface area (Å²) in [5.41, 5.74) is 6.58. The van der Waals surface area contributed by atoms with Crippen molar-refractivity contribution in [2.75, 3.05) is 25.4 Å². The van der Waals surface area contributed by atoms with Crippen LogP contribution in [0.1, 0.15) is 65.7 Å². The van der Waals surface area contributed by atoms with Crippen molar-refractivity contribution in [3.8, 4) is 0 Å². The molecule has 2 fully saturated rings. The molecule has 2 aliphatic rings. The molecule has 1 aliphatic carbocycles. The predicted octanol–water partition coefficient (Wildman–Crippen LogP) is 3.89. The van der Waals surface area contributed by atoms with E-state index in [9.17, 15) is 0 Å². The van der Waals surface area contributed by atoms with E-state index in [0.29, 0.717) is 10.3 Å². The molecule has 0 spiro atoms. The zero-order valence-corrected chi connectivity index (χ0v) is 14.6. The summed E-state index contributed by atoms with van der Waals surface area (Å²) in [5, 5.41) is 0. The van der Waals surface area contributed by atoms with Gasteiger partial charge in [-0.2, -0.15) is 11.8 Å². The molecule has 1 aliphatic heterocycles. The van der Waals surface area contributed by atoms with Crippen LogP contribution in [0.25, 0.3) is 0 Å². The first-order valence-electron chi connectivity index (χ1n) is 8.60. The van der Waals surface area contributed by atoms with Gasteiger partial charge in [-0.15, -0.1) is 0 Å². The monoisotopic (exact) mass is 298 g/mol. The van der Waals surface area contributed by atoms with Crippen molar-refractivity contribution in [1.82, 2.24) is 4.90 Å². The fourth-order valence-electron chi connectivity index (χ4n) is 4.06. The van der Waals surface area contributed by atoms with E-state index in [1.165, 1.54) is 63.8 Å². The maximum Gasteiger partial charge on any atom is 0.0332 e. The summed E-state index contributed by atoms with van der Waals surface area (Å²) in [6.07, 6.45) is 9.53. The van der Waals surface area contributed by atoms with Crippen molar-refractivity contribution in [1.29, 1.82) is 0 Å². The predicted molar refractivity (Wildman–Crippen MR) is 91.4 cm³/mol. The molecule has 2 N–H and O–H groups in total. The second-order valence-corrected chi connectivity index (χ2v) is 9.31. The molecule has 1 saturated carbocycles. The number of thioether (sulfide) groups is 1. The molecule has 0 atom stereocenters. The summed E-state index contributed by atoms with van der Waals surface area (Å²) >= 11 is 2.14. The van der Waals surface area contributed by atoms with Gasteiger partial charge < -0.3 is 5.73 Å². The van der Waals surface area contributed by atoms with Crippen molar-refractivity contribution >= 4 is 11.8 Å². The van der Waals surface area contributed by atoms with Crippen LogP contribution in [-0.2, 0) is 0 Å². The maximum atomic E-state index is 6.26. The topological polar surface area (TPSA) is 29.3 Å². The van der Waals surface area contributed by atoms with Crippen LogP contribution in [0.15, 0.2) is 0 Å². The van der Waals surface area contributed by atoms with Crippen LogP contribution in [0.5, 0.6) is 0 Å². The summed E-state index contributed by atoms with van der Waals surface area (Å²) < 4.78 is 0.448. The highest BCUT2D eigenvalue weighted by Crippen LogP contribution is 2.40. The van der Waals surface area contributed by atoms with Crippen molar-refractivity contribution in [3.63, 3.8) is 0 Å². The molecule has 0 bridgehead atoms.